The molecule has 1 amide bonds. The zero-order valence-electron chi connectivity index (χ0n) is 16.9. The van der Waals surface area contributed by atoms with Gasteiger partial charge in [0, 0.05) is 5.39 Å². The van der Waals surface area contributed by atoms with Gasteiger partial charge in [-0.2, -0.15) is 18.3 Å². The minimum absolute atomic E-state index is 0.0843. The summed E-state index contributed by atoms with van der Waals surface area (Å²) in [5.74, 6) is -1.44. The molecular formula is C23H24F3N3O2. The molecule has 4 rings (SSSR count). The van der Waals surface area contributed by atoms with Gasteiger partial charge in [0.2, 0.25) is 0 Å². The lowest BCUT2D eigenvalue weighted by atomic mass is 10.1. The highest BCUT2D eigenvalue weighted by Gasteiger charge is 2.39. The van der Waals surface area contributed by atoms with Crippen LogP contribution in [0.25, 0.3) is 10.9 Å². The fraction of sp³-hybridized carbons (Fsp3) is 0.391. The molecule has 0 saturated heterocycles. The first-order valence-electron chi connectivity index (χ1n) is 10.4. The van der Waals surface area contributed by atoms with Gasteiger partial charge in [-0.3, -0.25) is 9.48 Å². The smallest absolute Gasteiger partial charge is 0.471 e. The Bertz CT molecular complexity index is 1030. The average Bonchev–Trinajstić information content (AvgIpc) is 3.41. The Hall–Kier alpha value is -3.03. The number of amides is 1. The van der Waals surface area contributed by atoms with E-state index in [2.05, 4.69) is 5.10 Å². The highest BCUT2D eigenvalue weighted by molar-refractivity contribution is 5.82. The number of aromatic nitrogens is 2. The van der Waals surface area contributed by atoms with Crippen molar-refractivity contribution in [2.24, 2.45) is 0 Å². The molecule has 1 unspecified atom stereocenters. The number of carbonyl (C=O) groups excluding carboxylic acids is 1. The number of carbonyl (C=O) groups is 1. The number of fused-ring (bicyclic) bond motifs is 1. The molecule has 0 aliphatic heterocycles. The Morgan fingerprint density at radius 2 is 1.90 bits per heavy atom. The van der Waals surface area contributed by atoms with Crippen molar-refractivity contribution >= 4 is 16.8 Å². The molecule has 8 heteroatoms. The molecular weight excluding hydrogens is 407 g/mol. The number of hydrogen-bond acceptors (Lipinski definition) is 3. The van der Waals surface area contributed by atoms with Crippen molar-refractivity contribution in [2.75, 3.05) is 6.61 Å². The Labute approximate surface area is 178 Å². The second kappa shape index (κ2) is 8.99. The van der Waals surface area contributed by atoms with E-state index in [-0.39, 0.29) is 13.0 Å². The summed E-state index contributed by atoms with van der Waals surface area (Å²) < 4.78 is 46.1. The molecule has 5 nitrogen and oxygen atoms in total. The van der Waals surface area contributed by atoms with Crippen molar-refractivity contribution in [1.29, 1.82) is 0 Å². The molecule has 0 bridgehead atoms. The number of benzene rings is 2. The molecule has 1 atom stereocenters. The molecule has 1 heterocycles. The monoisotopic (exact) mass is 431 g/mol. The highest BCUT2D eigenvalue weighted by Crippen LogP contribution is 2.32. The summed E-state index contributed by atoms with van der Waals surface area (Å²) >= 11 is 0. The van der Waals surface area contributed by atoms with E-state index in [0.717, 1.165) is 29.3 Å². The van der Waals surface area contributed by atoms with Crippen molar-refractivity contribution in [3.63, 3.8) is 0 Å². The minimum Gasteiger partial charge on any atom is -0.491 e. The first kappa shape index (κ1) is 21.2. The van der Waals surface area contributed by atoms with Crippen LogP contribution in [0.15, 0.2) is 54.7 Å². The van der Waals surface area contributed by atoms with Crippen LogP contribution in [0.1, 0.15) is 37.3 Å². The molecule has 2 aromatic carbocycles. The van der Waals surface area contributed by atoms with Gasteiger partial charge in [-0.1, -0.05) is 43.2 Å². The van der Waals surface area contributed by atoms with Gasteiger partial charge in [0.05, 0.1) is 23.8 Å². The van der Waals surface area contributed by atoms with Gasteiger partial charge >= 0.3 is 12.1 Å². The van der Waals surface area contributed by atoms with Crippen molar-refractivity contribution in [2.45, 2.75) is 50.4 Å². The van der Waals surface area contributed by atoms with Gasteiger partial charge in [0.1, 0.15) is 12.4 Å². The quantitative estimate of drug-likeness (QED) is 0.584. The van der Waals surface area contributed by atoms with Crippen LogP contribution in [0.5, 0.6) is 5.75 Å². The second-order valence-electron chi connectivity index (χ2n) is 7.92. The summed E-state index contributed by atoms with van der Waals surface area (Å²) in [4.78, 5) is 11.5. The zero-order valence-corrected chi connectivity index (χ0v) is 16.9. The van der Waals surface area contributed by atoms with E-state index in [1.54, 1.807) is 36.5 Å². The first-order valence-corrected chi connectivity index (χ1v) is 10.4. The Morgan fingerprint density at radius 3 is 2.61 bits per heavy atom. The van der Waals surface area contributed by atoms with Crippen molar-refractivity contribution < 1.29 is 22.7 Å². The highest BCUT2D eigenvalue weighted by atomic mass is 19.4. The molecule has 1 aliphatic carbocycles. The van der Waals surface area contributed by atoms with Crippen molar-refractivity contribution in [1.82, 2.24) is 15.1 Å². The summed E-state index contributed by atoms with van der Waals surface area (Å²) in [6.07, 6.45) is 1.73. The fourth-order valence-corrected chi connectivity index (χ4v) is 4.08. The summed E-state index contributed by atoms with van der Waals surface area (Å²) in [5, 5.41) is 7.48. The molecule has 1 aromatic heterocycles. The number of hydrogen-bond donors (Lipinski definition) is 1. The topological polar surface area (TPSA) is 56.1 Å². The van der Waals surface area contributed by atoms with Crippen LogP contribution in [0, 0.1) is 0 Å². The lowest BCUT2D eigenvalue weighted by Crippen LogP contribution is -2.46. The summed E-state index contributed by atoms with van der Waals surface area (Å²) in [6.45, 7) is -0.0843. The number of halogens is 3. The SMILES string of the molecule is O=C(NC(COc1ccc2c(cnn2C2CCCC2)c1)Cc1ccccc1)C(F)(F)F. The number of alkyl halides is 3. The number of rotatable bonds is 7. The van der Waals surface area contributed by atoms with Gasteiger partial charge in [-0.25, -0.2) is 0 Å². The van der Waals surface area contributed by atoms with Crippen LogP contribution in [0.4, 0.5) is 13.2 Å². The Balaban J connectivity index is 1.46. The van der Waals surface area contributed by atoms with Crippen LogP contribution in [-0.4, -0.2) is 34.5 Å². The van der Waals surface area contributed by atoms with Gasteiger partial charge in [0.25, 0.3) is 0 Å². The molecule has 1 fully saturated rings. The Morgan fingerprint density at radius 1 is 1.16 bits per heavy atom. The van der Waals surface area contributed by atoms with Crippen molar-refractivity contribution in [3.8, 4) is 5.75 Å². The van der Waals surface area contributed by atoms with E-state index in [1.165, 1.54) is 12.8 Å². The van der Waals surface area contributed by atoms with Gasteiger partial charge < -0.3 is 10.1 Å². The largest absolute Gasteiger partial charge is 0.491 e. The third-order valence-corrected chi connectivity index (χ3v) is 5.61. The summed E-state index contributed by atoms with van der Waals surface area (Å²) in [5.41, 5.74) is 1.83. The molecule has 1 saturated carbocycles. The molecule has 1 aliphatic rings. The predicted octanol–water partition coefficient (Wildman–Crippen LogP) is 4.82. The van der Waals surface area contributed by atoms with Crippen molar-refractivity contribution in [3.05, 3.63) is 60.3 Å². The maximum Gasteiger partial charge on any atom is 0.471 e. The lowest BCUT2D eigenvalue weighted by Gasteiger charge is -2.20. The third kappa shape index (κ3) is 5.18. The van der Waals surface area contributed by atoms with E-state index in [4.69, 9.17) is 4.74 Å². The standard InChI is InChI=1S/C23H24F3N3O2/c24-23(25,26)22(30)28-18(12-16-6-2-1-3-7-16)15-31-20-10-11-21-17(13-20)14-27-29(21)19-8-4-5-9-19/h1-3,6-7,10-11,13-14,18-19H,4-5,8-9,12,15H2,(H,28,30). The predicted molar refractivity (Wildman–Crippen MR) is 111 cm³/mol. The first-order chi connectivity index (χ1) is 14.9. The van der Waals surface area contributed by atoms with Crippen LogP contribution in [0.2, 0.25) is 0 Å². The maximum atomic E-state index is 12.8. The molecule has 164 valence electrons. The Kier molecular flexibility index (Phi) is 6.15. The molecule has 0 radical (unpaired) electrons. The normalized spacial score (nSPS) is 15.8. The van der Waals surface area contributed by atoms with E-state index >= 15 is 0 Å². The van der Waals surface area contributed by atoms with Crippen LogP contribution in [-0.2, 0) is 11.2 Å². The van der Waals surface area contributed by atoms with Gasteiger partial charge in [-0.15, -0.1) is 0 Å². The van der Waals surface area contributed by atoms with Crippen LogP contribution in [0.3, 0.4) is 0 Å². The van der Waals surface area contributed by atoms with Crippen LogP contribution < -0.4 is 10.1 Å². The minimum atomic E-state index is -4.94. The number of ether oxygens (including phenoxy) is 1. The molecule has 3 aromatic rings. The summed E-state index contributed by atoms with van der Waals surface area (Å²) in [7, 11) is 0. The van der Waals surface area contributed by atoms with E-state index < -0.39 is 18.1 Å². The van der Waals surface area contributed by atoms with Gasteiger partial charge in [0.15, 0.2) is 0 Å². The summed E-state index contributed by atoms with van der Waals surface area (Å²) in [6, 6.07) is 14.2. The molecule has 31 heavy (non-hydrogen) atoms. The average molecular weight is 431 g/mol. The zero-order chi connectivity index (χ0) is 21.8. The van der Waals surface area contributed by atoms with E-state index in [0.29, 0.717) is 11.8 Å². The molecule has 1 N–H and O–H groups in total. The van der Waals surface area contributed by atoms with Crippen LogP contribution >= 0.6 is 0 Å². The van der Waals surface area contributed by atoms with E-state index in [9.17, 15) is 18.0 Å². The van der Waals surface area contributed by atoms with E-state index in [1.807, 2.05) is 28.2 Å². The second-order valence-corrected chi connectivity index (χ2v) is 7.92. The lowest BCUT2D eigenvalue weighted by molar-refractivity contribution is -0.174. The number of nitrogens with zero attached hydrogens (tertiary/aromatic N) is 2. The fourth-order valence-electron chi connectivity index (χ4n) is 4.08. The molecule has 0 spiro atoms. The number of nitrogens with one attached hydrogen (secondary N) is 1. The maximum absolute atomic E-state index is 12.8. The van der Waals surface area contributed by atoms with Gasteiger partial charge in [-0.05, 0) is 43.0 Å². The third-order valence-electron chi connectivity index (χ3n) is 5.61.